The van der Waals surface area contributed by atoms with Gasteiger partial charge in [-0.05, 0) is 57.9 Å². The molecule has 3 amide bonds. The number of hydrogen-bond donors (Lipinski definition) is 2. The molecule has 1 aromatic carbocycles. The highest BCUT2D eigenvalue weighted by atomic mass is 35.5. The number of carbonyl (C=O) groups excluding carboxylic acids is 3. The van der Waals surface area contributed by atoms with Crippen LogP contribution in [0.1, 0.15) is 51.5 Å². The molecule has 1 aromatic heterocycles. The van der Waals surface area contributed by atoms with Crippen molar-refractivity contribution in [3.05, 3.63) is 51.3 Å². The van der Waals surface area contributed by atoms with Crippen molar-refractivity contribution in [3.63, 3.8) is 0 Å². The highest BCUT2D eigenvalue weighted by Crippen LogP contribution is 2.23. The molecule has 1 fully saturated rings. The molecule has 172 valence electrons. The van der Waals surface area contributed by atoms with Crippen LogP contribution in [0.3, 0.4) is 0 Å². The first-order valence-corrected chi connectivity index (χ1v) is 11.0. The van der Waals surface area contributed by atoms with Crippen molar-refractivity contribution >= 4 is 35.2 Å². The van der Waals surface area contributed by atoms with Crippen molar-refractivity contribution in [2.45, 2.75) is 40.7 Å². The van der Waals surface area contributed by atoms with E-state index < -0.39 is 5.97 Å². The first kappa shape index (κ1) is 23.7. The maximum atomic E-state index is 13.1. The predicted molar refractivity (Wildman–Crippen MR) is 124 cm³/mol. The van der Waals surface area contributed by atoms with Gasteiger partial charge >= 0.3 is 12.0 Å². The summed E-state index contributed by atoms with van der Waals surface area (Å²) in [5, 5.41) is 3.43. The average Bonchev–Trinajstić information content (AvgIpc) is 3.03. The fraction of sp³-hybridized carbons (Fsp3) is 0.435. The van der Waals surface area contributed by atoms with E-state index >= 15 is 0 Å². The van der Waals surface area contributed by atoms with Gasteiger partial charge in [-0.1, -0.05) is 17.7 Å². The van der Waals surface area contributed by atoms with Crippen molar-refractivity contribution in [1.82, 2.24) is 14.8 Å². The summed E-state index contributed by atoms with van der Waals surface area (Å²) in [7, 11) is 0. The zero-order valence-electron chi connectivity index (χ0n) is 19.0. The molecule has 2 heterocycles. The van der Waals surface area contributed by atoms with Crippen LogP contribution in [-0.2, 0) is 4.74 Å². The molecule has 32 heavy (non-hydrogen) atoms. The molecule has 1 saturated heterocycles. The van der Waals surface area contributed by atoms with Gasteiger partial charge in [0.1, 0.15) is 5.69 Å². The number of ether oxygens (including phenoxy) is 1. The fourth-order valence-corrected chi connectivity index (χ4v) is 3.87. The molecule has 0 saturated carbocycles. The van der Waals surface area contributed by atoms with Crippen LogP contribution in [0.2, 0.25) is 5.02 Å². The molecule has 0 atom stereocenters. The van der Waals surface area contributed by atoms with E-state index in [4.69, 9.17) is 16.3 Å². The van der Waals surface area contributed by atoms with Gasteiger partial charge in [-0.2, -0.15) is 0 Å². The molecule has 8 nitrogen and oxygen atoms in total. The van der Waals surface area contributed by atoms with Gasteiger partial charge in [0.05, 0.1) is 11.7 Å². The second-order valence-electron chi connectivity index (χ2n) is 8.25. The summed E-state index contributed by atoms with van der Waals surface area (Å²) >= 11 is 6.12. The van der Waals surface area contributed by atoms with Crippen LogP contribution in [0.25, 0.3) is 0 Å². The van der Waals surface area contributed by atoms with Crippen LogP contribution in [0.5, 0.6) is 0 Å². The SMILES string of the molecule is Cc1ccc(NC(=O)N2CCN(C(=O)c3[nH]c(C)c(C(=O)OC(C)C)c3C)CC2)cc1Cl. The third kappa shape index (κ3) is 5.07. The minimum absolute atomic E-state index is 0.195. The lowest BCUT2D eigenvalue weighted by Gasteiger charge is -2.34. The Kier molecular flexibility index (Phi) is 7.13. The molecule has 0 bridgehead atoms. The molecule has 9 heteroatoms. The van der Waals surface area contributed by atoms with Crippen molar-refractivity contribution in [2.75, 3.05) is 31.5 Å². The zero-order chi connectivity index (χ0) is 23.6. The summed E-state index contributed by atoms with van der Waals surface area (Å²) < 4.78 is 5.30. The molecule has 0 aliphatic carbocycles. The average molecular weight is 461 g/mol. The number of aromatic nitrogens is 1. The number of anilines is 1. The number of aryl methyl sites for hydroxylation is 2. The summed E-state index contributed by atoms with van der Waals surface area (Å²) in [6, 6.07) is 5.13. The standard InChI is InChI=1S/C23H29ClN4O4/c1-13(2)32-22(30)19-15(4)20(25-16(19)5)21(29)27-8-10-28(11-9-27)23(31)26-17-7-6-14(3)18(24)12-17/h6-7,12-13,25H,8-11H2,1-5H3,(H,26,31). The van der Waals surface area contributed by atoms with Crippen LogP contribution in [0.4, 0.5) is 10.5 Å². The van der Waals surface area contributed by atoms with Gasteiger partial charge in [-0.3, -0.25) is 4.79 Å². The Bertz CT molecular complexity index is 1040. The maximum Gasteiger partial charge on any atom is 0.340 e. The van der Waals surface area contributed by atoms with E-state index in [-0.39, 0.29) is 18.0 Å². The molecular formula is C23H29ClN4O4. The molecule has 0 unspecified atom stereocenters. The Morgan fingerprint density at radius 1 is 1.06 bits per heavy atom. The first-order valence-electron chi connectivity index (χ1n) is 10.6. The number of piperazine rings is 1. The Morgan fingerprint density at radius 2 is 1.69 bits per heavy atom. The third-order valence-corrected chi connectivity index (χ3v) is 5.88. The minimum atomic E-state index is -0.442. The molecule has 2 N–H and O–H groups in total. The van der Waals surface area contributed by atoms with Gasteiger partial charge in [0.2, 0.25) is 0 Å². The molecule has 3 rings (SSSR count). The van der Waals surface area contributed by atoms with E-state index in [2.05, 4.69) is 10.3 Å². The Labute approximate surface area is 192 Å². The van der Waals surface area contributed by atoms with Crippen molar-refractivity contribution in [1.29, 1.82) is 0 Å². The first-order chi connectivity index (χ1) is 15.1. The van der Waals surface area contributed by atoms with Gasteiger partial charge in [0, 0.05) is 42.6 Å². The number of aromatic amines is 1. The predicted octanol–water partition coefficient (Wildman–Crippen LogP) is 4.15. The van der Waals surface area contributed by atoms with Gasteiger partial charge in [-0.25, -0.2) is 9.59 Å². The molecule has 1 aliphatic rings. The van der Waals surface area contributed by atoms with Crippen molar-refractivity contribution in [3.8, 4) is 0 Å². The summed E-state index contributed by atoms with van der Waals surface area (Å²) in [6.07, 6.45) is -0.245. The second kappa shape index (κ2) is 9.65. The number of halogens is 1. The second-order valence-corrected chi connectivity index (χ2v) is 8.66. The minimum Gasteiger partial charge on any atom is -0.459 e. The van der Waals surface area contributed by atoms with E-state index in [1.807, 2.05) is 13.0 Å². The maximum absolute atomic E-state index is 13.1. The van der Waals surface area contributed by atoms with E-state index in [1.54, 1.807) is 49.6 Å². The number of urea groups is 1. The number of esters is 1. The smallest absolute Gasteiger partial charge is 0.340 e. The van der Waals surface area contributed by atoms with Crippen LogP contribution in [0.15, 0.2) is 18.2 Å². The summed E-state index contributed by atoms with van der Waals surface area (Å²) in [5.74, 6) is -0.637. The molecule has 1 aliphatic heterocycles. The number of nitrogens with one attached hydrogen (secondary N) is 2. The number of rotatable bonds is 4. The number of hydrogen-bond acceptors (Lipinski definition) is 4. The molecule has 0 radical (unpaired) electrons. The summed E-state index contributed by atoms with van der Waals surface area (Å²) in [6.45, 7) is 10.5. The largest absolute Gasteiger partial charge is 0.459 e. The van der Waals surface area contributed by atoms with Gasteiger partial charge in [0.25, 0.3) is 5.91 Å². The van der Waals surface area contributed by atoms with Crippen molar-refractivity contribution < 1.29 is 19.1 Å². The zero-order valence-corrected chi connectivity index (χ0v) is 19.8. The Hall–Kier alpha value is -3.00. The van der Waals surface area contributed by atoms with Crippen LogP contribution in [-0.4, -0.2) is 65.0 Å². The van der Waals surface area contributed by atoms with E-state index in [1.165, 1.54) is 0 Å². The van der Waals surface area contributed by atoms with E-state index in [0.717, 1.165) is 5.56 Å². The molecule has 0 spiro atoms. The Balaban J connectivity index is 1.62. The summed E-state index contributed by atoms with van der Waals surface area (Å²) in [4.78, 5) is 44.4. The lowest BCUT2D eigenvalue weighted by molar-refractivity contribution is 0.0376. The highest BCUT2D eigenvalue weighted by Gasteiger charge is 2.29. The lowest BCUT2D eigenvalue weighted by atomic mass is 10.1. The van der Waals surface area contributed by atoms with Crippen LogP contribution < -0.4 is 5.32 Å². The number of benzene rings is 1. The van der Waals surface area contributed by atoms with E-state index in [9.17, 15) is 14.4 Å². The number of H-pyrrole nitrogens is 1. The Morgan fingerprint density at radius 3 is 2.28 bits per heavy atom. The third-order valence-electron chi connectivity index (χ3n) is 5.48. The fourth-order valence-electron chi connectivity index (χ4n) is 3.69. The van der Waals surface area contributed by atoms with Crippen molar-refractivity contribution in [2.24, 2.45) is 0 Å². The normalized spacial score (nSPS) is 14.0. The number of amides is 3. The van der Waals surface area contributed by atoms with Gasteiger partial charge < -0.3 is 24.8 Å². The van der Waals surface area contributed by atoms with Crippen LogP contribution >= 0.6 is 11.6 Å². The molecular weight excluding hydrogens is 432 g/mol. The summed E-state index contributed by atoms with van der Waals surface area (Å²) in [5.41, 5.74) is 3.53. The van der Waals surface area contributed by atoms with E-state index in [0.29, 0.717) is 59.4 Å². The van der Waals surface area contributed by atoms with Gasteiger partial charge in [0.15, 0.2) is 0 Å². The number of carbonyl (C=O) groups is 3. The van der Waals surface area contributed by atoms with Crippen LogP contribution in [0, 0.1) is 20.8 Å². The lowest BCUT2D eigenvalue weighted by Crippen LogP contribution is -2.51. The number of nitrogens with zero attached hydrogens (tertiary/aromatic N) is 2. The monoisotopic (exact) mass is 460 g/mol. The highest BCUT2D eigenvalue weighted by molar-refractivity contribution is 6.31. The quantitative estimate of drug-likeness (QED) is 0.670. The topological polar surface area (TPSA) is 94.7 Å². The van der Waals surface area contributed by atoms with Gasteiger partial charge in [-0.15, -0.1) is 0 Å². The molecule has 2 aromatic rings.